The third kappa shape index (κ3) is 2.23. The maximum absolute atomic E-state index is 8.95. The highest BCUT2D eigenvalue weighted by atomic mass is 35.5. The van der Waals surface area contributed by atoms with Crippen LogP contribution in [0.4, 0.5) is 0 Å². The molecule has 4 heteroatoms. The highest BCUT2D eigenvalue weighted by Crippen LogP contribution is 2.37. The number of fused-ring (bicyclic) bond motifs is 1. The Balaban J connectivity index is 2.09. The lowest BCUT2D eigenvalue weighted by Crippen LogP contribution is -2.15. The van der Waals surface area contributed by atoms with Gasteiger partial charge in [-0.25, -0.2) is 0 Å². The van der Waals surface area contributed by atoms with Gasteiger partial charge in [0.05, 0.1) is 11.6 Å². The van der Waals surface area contributed by atoms with Crippen molar-refractivity contribution in [1.82, 2.24) is 0 Å². The first kappa shape index (κ1) is 11.9. The van der Waals surface area contributed by atoms with Crippen LogP contribution in [-0.4, -0.2) is 13.2 Å². The summed E-state index contributed by atoms with van der Waals surface area (Å²) in [7, 11) is 0. The minimum Gasteiger partial charge on any atom is -0.486 e. The Morgan fingerprint density at radius 1 is 1.00 bits per heavy atom. The van der Waals surface area contributed by atoms with Crippen LogP contribution in [0.2, 0.25) is 5.02 Å². The van der Waals surface area contributed by atoms with Crippen LogP contribution >= 0.6 is 11.6 Å². The van der Waals surface area contributed by atoms with Gasteiger partial charge in [0.25, 0.3) is 0 Å². The molecule has 3 nitrogen and oxygen atoms in total. The third-order valence-electron chi connectivity index (χ3n) is 2.95. The minimum absolute atomic E-state index is 0.544. The molecule has 0 unspecified atom stereocenters. The van der Waals surface area contributed by atoms with Gasteiger partial charge >= 0.3 is 0 Å². The molecular formula is C15H10ClNO2. The summed E-state index contributed by atoms with van der Waals surface area (Å²) in [4.78, 5) is 0. The second-order valence-electron chi connectivity index (χ2n) is 4.16. The SMILES string of the molecule is N#Cc1ccc(Cl)c(-c2ccc3c(c2)OCCO3)c1. The van der Waals surface area contributed by atoms with Gasteiger partial charge in [-0.3, -0.25) is 0 Å². The molecule has 1 aliphatic rings. The van der Waals surface area contributed by atoms with E-state index in [0.717, 1.165) is 16.9 Å². The van der Waals surface area contributed by atoms with Gasteiger partial charge < -0.3 is 9.47 Å². The predicted molar refractivity (Wildman–Crippen MR) is 72.6 cm³/mol. The Morgan fingerprint density at radius 3 is 2.58 bits per heavy atom. The van der Waals surface area contributed by atoms with Gasteiger partial charge in [0.2, 0.25) is 0 Å². The molecule has 1 aliphatic heterocycles. The van der Waals surface area contributed by atoms with Crippen LogP contribution < -0.4 is 9.47 Å². The molecule has 0 atom stereocenters. The van der Waals surface area contributed by atoms with E-state index >= 15 is 0 Å². The summed E-state index contributed by atoms with van der Waals surface area (Å²) in [6, 6.07) is 13.0. The summed E-state index contributed by atoms with van der Waals surface area (Å²) in [5, 5.41) is 9.56. The van der Waals surface area contributed by atoms with E-state index in [4.69, 9.17) is 26.3 Å². The van der Waals surface area contributed by atoms with Crippen molar-refractivity contribution in [3.05, 3.63) is 47.0 Å². The highest BCUT2D eigenvalue weighted by molar-refractivity contribution is 6.33. The molecule has 2 aromatic rings. The molecule has 0 spiro atoms. The van der Waals surface area contributed by atoms with E-state index in [-0.39, 0.29) is 0 Å². The molecule has 0 fully saturated rings. The van der Waals surface area contributed by atoms with Crippen molar-refractivity contribution >= 4 is 11.6 Å². The van der Waals surface area contributed by atoms with E-state index in [9.17, 15) is 0 Å². The fourth-order valence-electron chi connectivity index (χ4n) is 2.03. The van der Waals surface area contributed by atoms with Crippen molar-refractivity contribution in [2.24, 2.45) is 0 Å². The summed E-state index contributed by atoms with van der Waals surface area (Å²) >= 11 is 6.19. The van der Waals surface area contributed by atoms with E-state index in [1.165, 1.54) is 0 Å². The topological polar surface area (TPSA) is 42.2 Å². The van der Waals surface area contributed by atoms with Crippen molar-refractivity contribution in [2.45, 2.75) is 0 Å². The van der Waals surface area contributed by atoms with E-state index in [1.54, 1.807) is 18.2 Å². The smallest absolute Gasteiger partial charge is 0.161 e. The third-order valence-corrected chi connectivity index (χ3v) is 3.28. The van der Waals surface area contributed by atoms with Gasteiger partial charge in [0.15, 0.2) is 11.5 Å². The average molecular weight is 272 g/mol. The zero-order valence-corrected chi connectivity index (χ0v) is 10.8. The highest BCUT2D eigenvalue weighted by Gasteiger charge is 2.13. The zero-order valence-electron chi connectivity index (χ0n) is 10.0. The molecule has 0 saturated heterocycles. The molecule has 19 heavy (non-hydrogen) atoms. The van der Waals surface area contributed by atoms with Crippen molar-refractivity contribution < 1.29 is 9.47 Å². The Morgan fingerprint density at radius 2 is 1.79 bits per heavy atom. The molecule has 3 rings (SSSR count). The minimum atomic E-state index is 0.544. The van der Waals surface area contributed by atoms with Crippen LogP contribution in [-0.2, 0) is 0 Å². The quantitative estimate of drug-likeness (QED) is 0.795. The van der Waals surface area contributed by atoms with Crippen molar-refractivity contribution in [3.8, 4) is 28.7 Å². The summed E-state index contributed by atoms with van der Waals surface area (Å²) in [6.45, 7) is 1.11. The van der Waals surface area contributed by atoms with Gasteiger partial charge in [-0.15, -0.1) is 0 Å². The molecule has 1 heterocycles. The Labute approximate surface area is 116 Å². The molecule has 0 saturated carbocycles. The van der Waals surface area contributed by atoms with Crippen LogP contribution in [0, 0.1) is 11.3 Å². The van der Waals surface area contributed by atoms with Crippen LogP contribution in [0.15, 0.2) is 36.4 Å². The molecule has 0 amide bonds. The molecule has 0 bridgehead atoms. The molecule has 0 radical (unpaired) electrons. The number of ether oxygens (including phenoxy) is 2. The first-order chi connectivity index (χ1) is 9.28. The summed E-state index contributed by atoms with van der Waals surface area (Å²) < 4.78 is 11.0. The maximum Gasteiger partial charge on any atom is 0.161 e. The maximum atomic E-state index is 8.95. The first-order valence-electron chi connectivity index (χ1n) is 5.87. The lowest BCUT2D eigenvalue weighted by Gasteiger charge is -2.19. The normalized spacial score (nSPS) is 12.8. The fourth-order valence-corrected chi connectivity index (χ4v) is 2.25. The van der Waals surface area contributed by atoms with E-state index in [0.29, 0.717) is 29.5 Å². The van der Waals surface area contributed by atoms with Crippen molar-refractivity contribution in [3.63, 3.8) is 0 Å². The molecule has 2 aromatic carbocycles. The number of rotatable bonds is 1. The lowest BCUT2D eigenvalue weighted by atomic mass is 10.0. The zero-order chi connectivity index (χ0) is 13.2. The summed E-state index contributed by atoms with van der Waals surface area (Å²) in [5.41, 5.74) is 2.30. The standard InChI is InChI=1S/C15H10ClNO2/c16-13-3-1-10(9-17)7-12(13)11-2-4-14-15(8-11)19-6-5-18-14/h1-4,7-8H,5-6H2. The van der Waals surface area contributed by atoms with Crippen molar-refractivity contribution in [1.29, 1.82) is 5.26 Å². The van der Waals surface area contributed by atoms with E-state index in [1.807, 2.05) is 18.2 Å². The Kier molecular flexibility index (Phi) is 3.02. The number of hydrogen-bond acceptors (Lipinski definition) is 3. The van der Waals surface area contributed by atoms with Gasteiger partial charge in [0.1, 0.15) is 13.2 Å². The Hall–Kier alpha value is -2.18. The van der Waals surface area contributed by atoms with Crippen LogP contribution in [0.3, 0.4) is 0 Å². The molecule has 0 aromatic heterocycles. The fraction of sp³-hybridized carbons (Fsp3) is 0.133. The van der Waals surface area contributed by atoms with Gasteiger partial charge in [0, 0.05) is 10.6 Å². The summed E-state index contributed by atoms with van der Waals surface area (Å²) in [6.07, 6.45) is 0. The largest absolute Gasteiger partial charge is 0.486 e. The van der Waals surface area contributed by atoms with Gasteiger partial charge in [-0.2, -0.15) is 5.26 Å². The number of hydrogen-bond donors (Lipinski definition) is 0. The van der Waals surface area contributed by atoms with Crippen molar-refractivity contribution in [2.75, 3.05) is 13.2 Å². The molecule has 0 N–H and O–H groups in total. The average Bonchev–Trinajstić information content (AvgIpc) is 2.47. The lowest BCUT2D eigenvalue weighted by molar-refractivity contribution is 0.171. The molecular weight excluding hydrogens is 262 g/mol. The Bertz CT molecular complexity index is 676. The monoisotopic (exact) mass is 271 g/mol. The van der Waals surface area contributed by atoms with Gasteiger partial charge in [-0.05, 0) is 35.9 Å². The number of halogens is 1. The van der Waals surface area contributed by atoms with Crippen LogP contribution in [0.25, 0.3) is 11.1 Å². The number of nitrogens with zero attached hydrogens (tertiary/aromatic N) is 1. The number of nitriles is 1. The van der Waals surface area contributed by atoms with Crippen LogP contribution in [0.1, 0.15) is 5.56 Å². The number of benzene rings is 2. The summed E-state index contributed by atoms with van der Waals surface area (Å²) in [5.74, 6) is 1.45. The van der Waals surface area contributed by atoms with E-state index in [2.05, 4.69) is 6.07 Å². The first-order valence-corrected chi connectivity index (χ1v) is 6.25. The van der Waals surface area contributed by atoms with Crippen LogP contribution in [0.5, 0.6) is 11.5 Å². The van der Waals surface area contributed by atoms with Gasteiger partial charge in [-0.1, -0.05) is 17.7 Å². The molecule has 94 valence electrons. The molecule has 0 aliphatic carbocycles. The second kappa shape index (κ2) is 4.83. The van der Waals surface area contributed by atoms with E-state index < -0.39 is 0 Å². The predicted octanol–water partition coefficient (Wildman–Crippen LogP) is 3.65. The second-order valence-corrected chi connectivity index (χ2v) is 4.57.